The number of nitrogens with one attached hydrogen (secondary N) is 2. The summed E-state index contributed by atoms with van der Waals surface area (Å²) in [5.74, 6) is -0.342. The van der Waals surface area contributed by atoms with Gasteiger partial charge in [-0.15, -0.1) is 0 Å². The zero-order valence-corrected chi connectivity index (χ0v) is 13.1. The van der Waals surface area contributed by atoms with Crippen molar-refractivity contribution in [2.24, 2.45) is 11.0 Å². The summed E-state index contributed by atoms with van der Waals surface area (Å²) in [6, 6.07) is 7.19. The van der Waals surface area contributed by atoms with Crippen LogP contribution in [0.5, 0.6) is 0 Å². The van der Waals surface area contributed by atoms with Gasteiger partial charge in [-0.05, 0) is 18.9 Å². The lowest BCUT2D eigenvalue weighted by Gasteiger charge is -2.20. The Labute approximate surface area is 135 Å². The Morgan fingerprint density at radius 1 is 1.23 bits per heavy atom. The van der Waals surface area contributed by atoms with Gasteiger partial charge in [0.15, 0.2) is 0 Å². The highest BCUT2D eigenvalue weighted by Crippen LogP contribution is 2.23. The molecule has 118 valence electrons. The van der Waals surface area contributed by atoms with Gasteiger partial charge in [-0.3, -0.25) is 9.59 Å². The van der Waals surface area contributed by atoms with Gasteiger partial charge in [0, 0.05) is 16.5 Å². The Morgan fingerprint density at radius 3 is 2.68 bits per heavy atom. The van der Waals surface area contributed by atoms with E-state index in [1.807, 2.05) is 12.1 Å². The average Bonchev–Trinajstić information content (AvgIpc) is 2.55. The molecule has 0 radical (unpaired) electrons. The van der Waals surface area contributed by atoms with Crippen LogP contribution in [0.4, 0.5) is 0 Å². The van der Waals surface area contributed by atoms with Gasteiger partial charge in [0.05, 0.1) is 12.8 Å². The third-order valence-corrected chi connectivity index (χ3v) is 4.04. The minimum atomic E-state index is -0.354. The number of hydrogen-bond acceptors (Lipinski definition) is 3. The van der Waals surface area contributed by atoms with Crippen LogP contribution in [-0.2, 0) is 9.59 Å². The molecule has 2 N–H and O–H groups in total. The van der Waals surface area contributed by atoms with E-state index >= 15 is 0 Å². The fraction of sp³-hybridized carbons (Fsp3) is 0.438. The van der Waals surface area contributed by atoms with Crippen LogP contribution >= 0.6 is 11.6 Å². The molecule has 0 heterocycles. The number of hydrogen-bond donors (Lipinski definition) is 2. The molecule has 0 aliphatic heterocycles. The summed E-state index contributed by atoms with van der Waals surface area (Å²) in [4.78, 5) is 23.5. The number of nitrogens with zero attached hydrogens (tertiary/aromatic N) is 1. The SMILES string of the molecule is O=C(CNC(=O)C1CCCCC1)N/N=C/c1ccccc1Cl. The standard InChI is InChI=1S/C16H20ClN3O2/c17-14-9-5-4-8-13(14)10-19-20-15(21)11-18-16(22)12-6-2-1-3-7-12/h4-5,8-10,12H,1-3,6-7,11H2,(H,18,22)(H,20,21)/b19-10+. The highest BCUT2D eigenvalue weighted by molar-refractivity contribution is 6.33. The molecule has 0 saturated heterocycles. The fourth-order valence-corrected chi connectivity index (χ4v) is 2.65. The average molecular weight is 322 g/mol. The second kappa shape index (κ2) is 8.54. The first-order valence-electron chi connectivity index (χ1n) is 7.51. The third kappa shape index (κ3) is 5.15. The predicted molar refractivity (Wildman–Crippen MR) is 86.8 cm³/mol. The Kier molecular flexibility index (Phi) is 6.40. The van der Waals surface area contributed by atoms with Crippen molar-refractivity contribution in [3.8, 4) is 0 Å². The van der Waals surface area contributed by atoms with Gasteiger partial charge < -0.3 is 5.32 Å². The van der Waals surface area contributed by atoms with Crippen LogP contribution in [-0.4, -0.2) is 24.6 Å². The van der Waals surface area contributed by atoms with Crippen molar-refractivity contribution in [1.29, 1.82) is 0 Å². The van der Waals surface area contributed by atoms with Gasteiger partial charge in [-0.1, -0.05) is 49.1 Å². The molecule has 1 aromatic carbocycles. The van der Waals surface area contributed by atoms with Gasteiger partial charge in [-0.2, -0.15) is 5.10 Å². The summed E-state index contributed by atoms with van der Waals surface area (Å²) in [7, 11) is 0. The Hall–Kier alpha value is -1.88. The molecule has 0 bridgehead atoms. The molecule has 2 amide bonds. The molecule has 2 rings (SSSR count). The van der Waals surface area contributed by atoms with E-state index in [2.05, 4.69) is 15.8 Å². The van der Waals surface area contributed by atoms with Crippen molar-refractivity contribution in [1.82, 2.24) is 10.7 Å². The Bertz CT molecular complexity index is 554. The highest BCUT2D eigenvalue weighted by Gasteiger charge is 2.21. The van der Waals surface area contributed by atoms with E-state index in [0.717, 1.165) is 31.2 Å². The maximum absolute atomic E-state index is 11.9. The number of carbonyl (C=O) groups excluding carboxylic acids is 2. The zero-order valence-electron chi connectivity index (χ0n) is 12.3. The molecular formula is C16H20ClN3O2. The normalized spacial score (nSPS) is 15.7. The summed E-state index contributed by atoms with van der Waals surface area (Å²) in [5, 5.41) is 7.06. The molecule has 5 nitrogen and oxygen atoms in total. The smallest absolute Gasteiger partial charge is 0.259 e. The van der Waals surface area contributed by atoms with E-state index in [0.29, 0.717) is 5.02 Å². The lowest BCUT2D eigenvalue weighted by molar-refractivity contribution is -0.129. The third-order valence-electron chi connectivity index (χ3n) is 3.70. The molecule has 0 atom stereocenters. The minimum absolute atomic E-state index is 0.0371. The van der Waals surface area contributed by atoms with Crippen molar-refractivity contribution in [3.05, 3.63) is 34.9 Å². The lowest BCUT2D eigenvalue weighted by Crippen LogP contribution is -2.38. The van der Waals surface area contributed by atoms with Crippen LogP contribution < -0.4 is 10.7 Å². The van der Waals surface area contributed by atoms with Crippen LogP contribution in [0.3, 0.4) is 0 Å². The molecular weight excluding hydrogens is 302 g/mol. The van der Waals surface area contributed by atoms with Gasteiger partial charge >= 0.3 is 0 Å². The Balaban J connectivity index is 1.71. The quantitative estimate of drug-likeness (QED) is 0.646. The molecule has 1 aliphatic rings. The zero-order chi connectivity index (χ0) is 15.8. The summed E-state index contributed by atoms with van der Waals surface area (Å²) < 4.78 is 0. The van der Waals surface area contributed by atoms with E-state index in [4.69, 9.17) is 11.6 Å². The van der Waals surface area contributed by atoms with E-state index in [1.165, 1.54) is 12.6 Å². The van der Waals surface area contributed by atoms with Gasteiger partial charge in [0.2, 0.25) is 5.91 Å². The minimum Gasteiger partial charge on any atom is -0.347 e. The topological polar surface area (TPSA) is 70.6 Å². The van der Waals surface area contributed by atoms with Gasteiger partial charge in [0.25, 0.3) is 5.91 Å². The summed E-state index contributed by atoms with van der Waals surface area (Å²) >= 11 is 5.97. The first kappa shape index (κ1) is 16.5. The molecule has 0 unspecified atom stereocenters. The van der Waals surface area contributed by atoms with Gasteiger partial charge in [-0.25, -0.2) is 5.43 Å². The Morgan fingerprint density at radius 2 is 1.95 bits per heavy atom. The molecule has 1 saturated carbocycles. The van der Waals surface area contributed by atoms with Crippen molar-refractivity contribution in [3.63, 3.8) is 0 Å². The maximum atomic E-state index is 11.9. The lowest BCUT2D eigenvalue weighted by atomic mass is 9.89. The van der Waals surface area contributed by atoms with E-state index < -0.39 is 0 Å². The van der Waals surface area contributed by atoms with Crippen molar-refractivity contribution < 1.29 is 9.59 Å². The van der Waals surface area contributed by atoms with Crippen LogP contribution in [0.2, 0.25) is 5.02 Å². The summed E-state index contributed by atoms with van der Waals surface area (Å²) in [6.45, 7) is -0.0603. The van der Waals surface area contributed by atoms with Gasteiger partial charge in [0.1, 0.15) is 0 Å². The van der Waals surface area contributed by atoms with Crippen molar-refractivity contribution >= 4 is 29.6 Å². The number of halogens is 1. The molecule has 1 aliphatic carbocycles. The van der Waals surface area contributed by atoms with Crippen LogP contribution in [0.25, 0.3) is 0 Å². The molecule has 0 spiro atoms. The first-order chi connectivity index (χ1) is 10.7. The van der Waals surface area contributed by atoms with E-state index in [9.17, 15) is 9.59 Å². The van der Waals surface area contributed by atoms with Crippen LogP contribution in [0.15, 0.2) is 29.4 Å². The van der Waals surface area contributed by atoms with E-state index in [-0.39, 0.29) is 24.3 Å². The van der Waals surface area contributed by atoms with E-state index in [1.54, 1.807) is 12.1 Å². The van der Waals surface area contributed by atoms with Crippen molar-refractivity contribution in [2.45, 2.75) is 32.1 Å². The number of hydrazone groups is 1. The largest absolute Gasteiger partial charge is 0.347 e. The fourth-order valence-electron chi connectivity index (χ4n) is 2.47. The predicted octanol–water partition coefficient (Wildman–Crippen LogP) is 2.49. The van der Waals surface area contributed by atoms with Crippen LogP contribution in [0, 0.1) is 5.92 Å². The monoisotopic (exact) mass is 321 g/mol. The number of carbonyl (C=O) groups is 2. The first-order valence-corrected chi connectivity index (χ1v) is 7.89. The number of rotatable bonds is 5. The molecule has 6 heteroatoms. The second-order valence-electron chi connectivity index (χ2n) is 5.37. The van der Waals surface area contributed by atoms with Crippen molar-refractivity contribution in [2.75, 3.05) is 6.54 Å². The number of benzene rings is 1. The molecule has 0 aromatic heterocycles. The summed E-state index contributed by atoms with van der Waals surface area (Å²) in [6.07, 6.45) is 6.68. The maximum Gasteiger partial charge on any atom is 0.259 e. The summed E-state index contributed by atoms with van der Waals surface area (Å²) in [5.41, 5.74) is 3.09. The second-order valence-corrected chi connectivity index (χ2v) is 5.77. The molecule has 1 aromatic rings. The number of amides is 2. The van der Waals surface area contributed by atoms with Crippen LogP contribution in [0.1, 0.15) is 37.7 Å². The highest BCUT2D eigenvalue weighted by atomic mass is 35.5. The molecule has 1 fully saturated rings. The molecule has 22 heavy (non-hydrogen) atoms.